The third-order valence-corrected chi connectivity index (χ3v) is 4.05. The lowest BCUT2D eigenvalue weighted by Gasteiger charge is -2.12. The summed E-state index contributed by atoms with van der Waals surface area (Å²) in [4.78, 5) is 28.9. The van der Waals surface area contributed by atoms with E-state index in [1.165, 1.54) is 13.3 Å². The van der Waals surface area contributed by atoms with Gasteiger partial charge in [-0.25, -0.2) is 4.79 Å². The summed E-state index contributed by atoms with van der Waals surface area (Å²) in [7, 11) is 1.54. The van der Waals surface area contributed by atoms with Crippen molar-refractivity contribution < 1.29 is 19.1 Å². The zero-order chi connectivity index (χ0) is 20.6. The number of anilines is 3. The number of amides is 1. The fourth-order valence-electron chi connectivity index (χ4n) is 2.70. The first-order valence-electron chi connectivity index (χ1n) is 9.06. The van der Waals surface area contributed by atoms with E-state index in [-0.39, 0.29) is 18.2 Å². The van der Waals surface area contributed by atoms with Gasteiger partial charge >= 0.3 is 5.97 Å². The summed E-state index contributed by atoms with van der Waals surface area (Å²) < 4.78 is 10.3. The van der Waals surface area contributed by atoms with Gasteiger partial charge in [0, 0.05) is 11.9 Å². The molecule has 0 saturated heterocycles. The number of carbonyl (C=O) groups is 2. The number of ether oxygens (including phenoxy) is 2. The molecule has 0 aliphatic heterocycles. The monoisotopic (exact) mass is 391 g/mol. The van der Waals surface area contributed by atoms with Crippen LogP contribution in [0.5, 0.6) is 5.75 Å². The average Bonchev–Trinajstić information content (AvgIpc) is 2.75. The number of nitrogens with one attached hydrogen (secondary N) is 2. The summed E-state index contributed by atoms with van der Waals surface area (Å²) in [5, 5.41) is 5.93. The molecule has 2 N–H and O–H groups in total. The molecule has 0 aliphatic carbocycles. The van der Waals surface area contributed by atoms with Crippen molar-refractivity contribution in [3.8, 4) is 5.75 Å². The van der Waals surface area contributed by atoms with Crippen LogP contribution in [0.2, 0.25) is 0 Å². The normalized spacial score (nSPS) is 10.1. The Balaban J connectivity index is 1.80. The van der Waals surface area contributed by atoms with Gasteiger partial charge in [0.05, 0.1) is 30.7 Å². The molecule has 148 valence electrons. The minimum absolute atomic E-state index is 0.217. The largest absolute Gasteiger partial charge is 0.495 e. The van der Waals surface area contributed by atoms with Crippen LogP contribution in [0.25, 0.3) is 0 Å². The molecule has 0 spiro atoms. The molecule has 0 radical (unpaired) electrons. The molecular weight excluding hydrogens is 370 g/mol. The number of aromatic nitrogens is 1. The highest BCUT2D eigenvalue weighted by Gasteiger charge is 2.14. The second-order valence-electron chi connectivity index (χ2n) is 5.98. The maximum Gasteiger partial charge on any atom is 0.340 e. The topological polar surface area (TPSA) is 89.5 Å². The van der Waals surface area contributed by atoms with Crippen LogP contribution < -0.4 is 15.4 Å². The van der Waals surface area contributed by atoms with Gasteiger partial charge in [0.15, 0.2) is 0 Å². The highest BCUT2D eigenvalue weighted by atomic mass is 16.5. The predicted molar refractivity (Wildman–Crippen MR) is 111 cm³/mol. The SMILES string of the molecule is CCOC(=O)c1ccccc1Nc1ccnc(C(=O)Nc2ccccc2OC)c1. The van der Waals surface area contributed by atoms with E-state index in [4.69, 9.17) is 9.47 Å². The Morgan fingerprint density at radius 2 is 1.72 bits per heavy atom. The standard InChI is InChI=1S/C22H21N3O4/c1-3-29-22(27)16-8-4-5-9-17(16)24-15-12-13-23-19(14-15)21(26)25-18-10-6-7-11-20(18)28-2/h4-14H,3H2,1-2H3,(H,23,24)(H,25,26). The number of para-hydroxylation sites is 3. The molecule has 1 amide bonds. The lowest BCUT2D eigenvalue weighted by molar-refractivity contribution is 0.0527. The summed E-state index contributed by atoms with van der Waals surface area (Å²) in [6, 6.07) is 17.4. The number of hydrogen-bond donors (Lipinski definition) is 2. The molecule has 29 heavy (non-hydrogen) atoms. The Bertz CT molecular complexity index is 1020. The van der Waals surface area contributed by atoms with Gasteiger partial charge in [0.2, 0.25) is 0 Å². The van der Waals surface area contributed by atoms with Crippen LogP contribution in [0.1, 0.15) is 27.8 Å². The number of nitrogens with zero attached hydrogens (tertiary/aromatic N) is 1. The molecule has 1 aromatic heterocycles. The first-order chi connectivity index (χ1) is 14.1. The molecule has 7 heteroatoms. The summed E-state index contributed by atoms with van der Waals surface area (Å²) in [5.41, 5.74) is 2.36. The number of methoxy groups -OCH3 is 1. The van der Waals surface area contributed by atoms with Crippen molar-refractivity contribution in [2.24, 2.45) is 0 Å². The zero-order valence-electron chi connectivity index (χ0n) is 16.1. The number of pyridine rings is 1. The Labute approximate surface area is 168 Å². The molecule has 3 aromatic rings. The molecule has 0 bridgehead atoms. The predicted octanol–water partition coefficient (Wildman–Crippen LogP) is 4.26. The number of hydrogen-bond acceptors (Lipinski definition) is 6. The summed E-state index contributed by atoms with van der Waals surface area (Å²) in [6.07, 6.45) is 1.52. The molecule has 7 nitrogen and oxygen atoms in total. The third-order valence-electron chi connectivity index (χ3n) is 4.05. The maximum absolute atomic E-state index is 12.6. The van der Waals surface area contributed by atoms with Crippen LogP contribution >= 0.6 is 0 Å². The van der Waals surface area contributed by atoms with E-state index >= 15 is 0 Å². The van der Waals surface area contributed by atoms with Gasteiger partial charge in [-0.1, -0.05) is 24.3 Å². The first kappa shape index (κ1) is 19.9. The van der Waals surface area contributed by atoms with Crippen LogP contribution in [-0.4, -0.2) is 30.6 Å². The average molecular weight is 391 g/mol. The van der Waals surface area contributed by atoms with Crippen LogP contribution in [0.15, 0.2) is 66.9 Å². The molecule has 0 fully saturated rings. The van der Waals surface area contributed by atoms with Crippen LogP contribution in [0.4, 0.5) is 17.1 Å². The summed E-state index contributed by atoms with van der Waals surface area (Å²) in [5.74, 6) is -0.242. The second kappa shape index (κ2) is 9.36. The van der Waals surface area contributed by atoms with E-state index in [0.29, 0.717) is 28.4 Å². The van der Waals surface area contributed by atoms with Gasteiger partial charge in [-0.3, -0.25) is 9.78 Å². The van der Waals surface area contributed by atoms with Gasteiger partial charge < -0.3 is 20.1 Å². The van der Waals surface area contributed by atoms with Crippen molar-refractivity contribution in [1.29, 1.82) is 0 Å². The quantitative estimate of drug-likeness (QED) is 0.585. The minimum atomic E-state index is -0.418. The Kier molecular flexibility index (Phi) is 6.42. The van der Waals surface area contributed by atoms with Crippen LogP contribution in [-0.2, 0) is 4.74 Å². The van der Waals surface area contributed by atoms with Gasteiger partial charge in [-0.2, -0.15) is 0 Å². The molecular formula is C22H21N3O4. The fourth-order valence-corrected chi connectivity index (χ4v) is 2.70. The van der Waals surface area contributed by atoms with Crippen molar-refractivity contribution >= 4 is 28.9 Å². The van der Waals surface area contributed by atoms with Crippen LogP contribution in [0.3, 0.4) is 0 Å². The molecule has 0 unspecified atom stereocenters. The van der Waals surface area contributed by atoms with Crippen molar-refractivity contribution in [2.75, 3.05) is 24.4 Å². The van der Waals surface area contributed by atoms with E-state index in [1.807, 2.05) is 12.1 Å². The van der Waals surface area contributed by atoms with E-state index in [9.17, 15) is 9.59 Å². The van der Waals surface area contributed by atoms with Gasteiger partial charge in [0.1, 0.15) is 11.4 Å². The number of benzene rings is 2. The first-order valence-corrected chi connectivity index (χ1v) is 9.06. The van der Waals surface area contributed by atoms with Crippen molar-refractivity contribution in [2.45, 2.75) is 6.92 Å². The molecule has 3 rings (SSSR count). The summed E-state index contributed by atoms with van der Waals surface area (Å²) in [6.45, 7) is 2.04. The zero-order valence-corrected chi connectivity index (χ0v) is 16.1. The number of carbonyl (C=O) groups excluding carboxylic acids is 2. The number of rotatable bonds is 7. The molecule has 0 saturated carbocycles. The van der Waals surface area contributed by atoms with Gasteiger partial charge in [-0.05, 0) is 43.3 Å². The van der Waals surface area contributed by atoms with Gasteiger partial charge in [-0.15, -0.1) is 0 Å². The Morgan fingerprint density at radius 1 is 1.00 bits per heavy atom. The van der Waals surface area contributed by atoms with E-state index < -0.39 is 5.97 Å². The molecule has 0 atom stereocenters. The van der Waals surface area contributed by atoms with E-state index in [1.54, 1.807) is 55.5 Å². The lowest BCUT2D eigenvalue weighted by Crippen LogP contribution is -2.14. The molecule has 0 aliphatic rings. The Hall–Kier alpha value is -3.87. The van der Waals surface area contributed by atoms with Crippen molar-refractivity contribution in [3.63, 3.8) is 0 Å². The Morgan fingerprint density at radius 3 is 2.48 bits per heavy atom. The minimum Gasteiger partial charge on any atom is -0.495 e. The third kappa shape index (κ3) is 4.90. The highest BCUT2D eigenvalue weighted by Crippen LogP contribution is 2.25. The van der Waals surface area contributed by atoms with E-state index in [2.05, 4.69) is 15.6 Å². The maximum atomic E-state index is 12.6. The van der Waals surface area contributed by atoms with Crippen LogP contribution in [0, 0.1) is 0 Å². The second-order valence-corrected chi connectivity index (χ2v) is 5.98. The smallest absolute Gasteiger partial charge is 0.340 e. The summed E-state index contributed by atoms with van der Waals surface area (Å²) >= 11 is 0. The fraction of sp³-hybridized carbons (Fsp3) is 0.136. The molecule has 2 aromatic carbocycles. The van der Waals surface area contributed by atoms with Gasteiger partial charge in [0.25, 0.3) is 5.91 Å². The highest BCUT2D eigenvalue weighted by molar-refractivity contribution is 6.04. The molecule has 1 heterocycles. The number of esters is 1. The lowest BCUT2D eigenvalue weighted by atomic mass is 10.1. The van der Waals surface area contributed by atoms with Crippen molar-refractivity contribution in [1.82, 2.24) is 4.98 Å². The van der Waals surface area contributed by atoms with Crippen molar-refractivity contribution in [3.05, 3.63) is 78.1 Å². The van der Waals surface area contributed by atoms with E-state index in [0.717, 1.165) is 0 Å².